The van der Waals surface area contributed by atoms with E-state index in [4.69, 9.17) is 27.9 Å². The van der Waals surface area contributed by atoms with Crippen LogP contribution >= 0.6 is 23.2 Å². The molecule has 5 nitrogen and oxygen atoms in total. The van der Waals surface area contributed by atoms with Crippen molar-refractivity contribution in [2.45, 2.75) is 18.9 Å². The second-order valence-corrected chi connectivity index (χ2v) is 6.31. The normalized spacial score (nSPS) is 16.8. The summed E-state index contributed by atoms with van der Waals surface area (Å²) in [6.45, 7) is 1.26. The Hall–Kier alpha value is -1.82. The number of benzene rings is 1. The molecule has 0 aliphatic carbocycles. The van der Waals surface area contributed by atoms with Crippen LogP contribution in [-0.4, -0.2) is 30.1 Å². The first kappa shape index (κ1) is 17.0. The number of halogens is 2. The number of aromatic nitrogens is 1. The number of hydrogen-bond acceptors (Lipinski definition) is 4. The molecule has 1 aromatic heterocycles. The van der Waals surface area contributed by atoms with Crippen LogP contribution in [0.2, 0.25) is 10.0 Å². The molecule has 126 valence electrons. The lowest BCUT2D eigenvalue weighted by molar-refractivity contribution is 0.0854. The van der Waals surface area contributed by atoms with E-state index in [2.05, 4.69) is 15.6 Å². The molecule has 0 spiro atoms. The Morgan fingerprint density at radius 1 is 1.29 bits per heavy atom. The summed E-state index contributed by atoms with van der Waals surface area (Å²) in [4.78, 5) is 16.3. The number of carbonyl (C=O) groups is 1. The van der Waals surface area contributed by atoms with Gasteiger partial charge in [-0.1, -0.05) is 29.3 Å². The number of pyridine rings is 1. The fraction of sp³-hybridized carbons (Fsp3) is 0.294. The second-order valence-electron chi connectivity index (χ2n) is 5.50. The van der Waals surface area contributed by atoms with Gasteiger partial charge >= 0.3 is 0 Å². The summed E-state index contributed by atoms with van der Waals surface area (Å²) in [5.41, 5.74) is 1.60. The summed E-state index contributed by atoms with van der Waals surface area (Å²) in [5, 5.41) is 6.98. The molecule has 2 aromatic rings. The van der Waals surface area contributed by atoms with E-state index in [1.807, 2.05) is 0 Å². The summed E-state index contributed by atoms with van der Waals surface area (Å²) in [6.07, 6.45) is 3.67. The number of hydrogen-bond donors (Lipinski definition) is 2. The zero-order chi connectivity index (χ0) is 16.9. The molecule has 24 heavy (non-hydrogen) atoms. The highest BCUT2D eigenvalue weighted by molar-refractivity contribution is 6.39. The van der Waals surface area contributed by atoms with Gasteiger partial charge in [-0.25, -0.2) is 0 Å². The second kappa shape index (κ2) is 7.83. The number of nitrogens with one attached hydrogen (secondary N) is 2. The van der Waals surface area contributed by atoms with Crippen molar-refractivity contribution in [3.8, 4) is 0 Å². The molecule has 1 saturated heterocycles. The smallest absolute Gasteiger partial charge is 0.270 e. The number of nitrogens with zero attached hydrogens (tertiary/aromatic N) is 1. The van der Waals surface area contributed by atoms with Crippen LogP contribution < -0.4 is 10.6 Å². The average molecular weight is 366 g/mol. The first-order valence-corrected chi connectivity index (χ1v) is 8.46. The van der Waals surface area contributed by atoms with Gasteiger partial charge in [-0.3, -0.25) is 9.78 Å². The van der Waals surface area contributed by atoms with Crippen molar-refractivity contribution in [1.82, 2.24) is 10.3 Å². The highest BCUT2D eigenvalue weighted by Gasteiger charge is 2.17. The predicted octanol–water partition coefficient (Wildman–Crippen LogP) is 4.04. The van der Waals surface area contributed by atoms with Crippen LogP contribution in [0.3, 0.4) is 0 Å². The molecule has 1 aromatic carbocycles. The van der Waals surface area contributed by atoms with E-state index in [9.17, 15) is 4.79 Å². The van der Waals surface area contributed by atoms with Gasteiger partial charge in [-0.05, 0) is 37.1 Å². The Labute approximate surface area is 150 Å². The molecule has 0 bridgehead atoms. The Kier molecular flexibility index (Phi) is 5.56. The van der Waals surface area contributed by atoms with E-state index in [0.717, 1.165) is 19.4 Å². The molecular weight excluding hydrogens is 349 g/mol. The molecule has 1 fully saturated rings. The molecule has 0 saturated carbocycles. The summed E-state index contributed by atoms with van der Waals surface area (Å²) in [5.74, 6) is -0.237. The molecular formula is C17H17Cl2N3O2. The van der Waals surface area contributed by atoms with Crippen LogP contribution in [0, 0.1) is 0 Å². The van der Waals surface area contributed by atoms with Crippen molar-refractivity contribution < 1.29 is 9.53 Å². The Morgan fingerprint density at radius 2 is 2.08 bits per heavy atom. The Morgan fingerprint density at radius 3 is 2.79 bits per heavy atom. The number of rotatable bonds is 5. The van der Waals surface area contributed by atoms with Gasteiger partial charge < -0.3 is 15.4 Å². The molecule has 0 radical (unpaired) electrons. The van der Waals surface area contributed by atoms with Gasteiger partial charge in [-0.2, -0.15) is 0 Å². The maximum Gasteiger partial charge on any atom is 0.270 e. The zero-order valence-electron chi connectivity index (χ0n) is 12.9. The van der Waals surface area contributed by atoms with E-state index in [1.165, 1.54) is 0 Å². The lowest BCUT2D eigenvalue weighted by Crippen LogP contribution is -2.32. The van der Waals surface area contributed by atoms with E-state index < -0.39 is 0 Å². The molecule has 1 unspecified atom stereocenters. The first-order chi connectivity index (χ1) is 11.6. The topological polar surface area (TPSA) is 63.2 Å². The SMILES string of the molecule is O=C(NCC1CCCO1)c1cc(Nc2c(Cl)cccc2Cl)ccn1. The van der Waals surface area contributed by atoms with Crippen molar-refractivity contribution in [2.24, 2.45) is 0 Å². The van der Waals surface area contributed by atoms with Crippen LogP contribution in [0.15, 0.2) is 36.5 Å². The van der Waals surface area contributed by atoms with Gasteiger partial charge in [0, 0.05) is 25.0 Å². The Bertz CT molecular complexity index is 713. The average Bonchev–Trinajstić information content (AvgIpc) is 3.10. The number of anilines is 2. The molecule has 3 rings (SSSR count). The molecule has 1 amide bonds. The van der Waals surface area contributed by atoms with Crippen molar-refractivity contribution >= 4 is 40.5 Å². The third-order valence-electron chi connectivity index (χ3n) is 3.74. The maximum absolute atomic E-state index is 12.2. The summed E-state index contributed by atoms with van der Waals surface area (Å²) in [6, 6.07) is 8.66. The molecule has 1 aliphatic rings. The van der Waals surface area contributed by atoms with Gasteiger partial charge in [-0.15, -0.1) is 0 Å². The van der Waals surface area contributed by atoms with Crippen molar-refractivity contribution in [2.75, 3.05) is 18.5 Å². The quantitative estimate of drug-likeness (QED) is 0.838. The molecule has 7 heteroatoms. The van der Waals surface area contributed by atoms with E-state index in [0.29, 0.717) is 33.7 Å². The number of para-hydroxylation sites is 1. The fourth-order valence-corrected chi connectivity index (χ4v) is 2.99. The van der Waals surface area contributed by atoms with E-state index >= 15 is 0 Å². The highest BCUT2D eigenvalue weighted by atomic mass is 35.5. The van der Waals surface area contributed by atoms with Crippen LogP contribution in [0.25, 0.3) is 0 Å². The summed E-state index contributed by atoms with van der Waals surface area (Å²) >= 11 is 12.3. The van der Waals surface area contributed by atoms with Gasteiger partial charge in [0.1, 0.15) is 5.69 Å². The monoisotopic (exact) mass is 365 g/mol. The third-order valence-corrected chi connectivity index (χ3v) is 4.37. The van der Waals surface area contributed by atoms with Crippen LogP contribution in [0.1, 0.15) is 23.3 Å². The summed E-state index contributed by atoms with van der Waals surface area (Å²) in [7, 11) is 0. The van der Waals surface area contributed by atoms with Gasteiger partial charge in [0.15, 0.2) is 0 Å². The number of carbonyl (C=O) groups excluding carboxylic acids is 1. The van der Waals surface area contributed by atoms with Gasteiger partial charge in [0.05, 0.1) is 21.8 Å². The predicted molar refractivity (Wildman–Crippen MR) is 95.3 cm³/mol. The molecule has 2 heterocycles. The lowest BCUT2D eigenvalue weighted by Gasteiger charge is -2.12. The van der Waals surface area contributed by atoms with Crippen LogP contribution in [-0.2, 0) is 4.74 Å². The standard InChI is InChI=1S/C17H17Cl2N3O2/c18-13-4-1-5-14(19)16(13)22-11-6-7-20-15(9-11)17(23)21-10-12-3-2-8-24-12/h1,4-7,9,12H,2-3,8,10H2,(H,20,22)(H,21,23). The minimum Gasteiger partial charge on any atom is -0.376 e. The molecule has 1 atom stereocenters. The lowest BCUT2D eigenvalue weighted by atomic mass is 10.2. The van der Waals surface area contributed by atoms with Crippen LogP contribution in [0.4, 0.5) is 11.4 Å². The number of ether oxygens (including phenoxy) is 1. The zero-order valence-corrected chi connectivity index (χ0v) is 14.4. The minimum absolute atomic E-state index is 0.0946. The Balaban J connectivity index is 1.68. The van der Waals surface area contributed by atoms with Crippen molar-refractivity contribution in [1.29, 1.82) is 0 Å². The van der Waals surface area contributed by atoms with E-state index in [1.54, 1.807) is 36.5 Å². The fourth-order valence-electron chi connectivity index (χ4n) is 2.50. The first-order valence-electron chi connectivity index (χ1n) is 7.70. The van der Waals surface area contributed by atoms with Crippen molar-refractivity contribution in [3.05, 3.63) is 52.3 Å². The molecule has 1 aliphatic heterocycles. The molecule has 2 N–H and O–H groups in total. The third kappa shape index (κ3) is 4.17. The van der Waals surface area contributed by atoms with Crippen LogP contribution in [0.5, 0.6) is 0 Å². The highest BCUT2D eigenvalue weighted by Crippen LogP contribution is 2.32. The maximum atomic E-state index is 12.2. The largest absolute Gasteiger partial charge is 0.376 e. The van der Waals surface area contributed by atoms with Crippen molar-refractivity contribution in [3.63, 3.8) is 0 Å². The van der Waals surface area contributed by atoms with Gasteiger partial charge in [0.25, 0.3) is 5.91 Å². The summed E-state index contributed by atoms with van der Waals surface area (Å²) < 4.78 is 5.49. The number of amides is 1. The van der Waals surface area contributed by atoms with Gasteiger partial charge in [0.2, 0.25) is 0 Å². The minimum atomic E-state index is -0.237. The van der Waals surface area contributed by atoms with E-state index in [-0.39, 0.29) is 12.0 Å².